The Labute approximate surface area is 94.1 Å². The van der Waals surface area contributed by atoms with E-state index in [-0.39, 0.29) is 17.7 Å². The molecule has 0 amide bonds. The minimum absolute atomic E-state index is 0.0260. The van der Waals surface area contributed by atoms with Gasteiger partial charge in [0.05, 0.1) is 5.02 Å². The van der Waals surface area contributed by atoms with Crippen LogP contribution in [0.2, 0.25) is 5.02 Å². The summed E-state index contributed by atoms with van der Waals surface area (Å²) in [5, 5.41) is 12.2. The van der Waals surface area contributed by atoms with Crippen LogP contribution < -0.4 is 5.32 Å². The molecule has 0 fully saturated rings. The molecule has 0 bridgehead atoms. The van der Waals surface area contributed by atoms with Crippen LogP contribution in [0.15, 0.2) is 18.2 Å². The SMILES string of the molecule is CCNC(CCO)c1ccc(F)c(Cl)c1. The highest BCUT2D eigenvalue weighted by Gasteiger charge is 2.11. The Bertz CT molecular complexity index is 313. The molecule has 0 heterocycles. The van der Waals surface area contributed by atoms with Gasteiger partial charge in [-0.2, -0.15) is 0 Å². The number of nitrogens with one attached hydrogen (secondary N) is 1. The summed E-state index contributed by atoms with van der Waals surface area (Å²) in [6, 6.07) is 4.65. The van der Waals surface area contributed by atoms with E-state index < -0.39 is 5.82 Å². The van der Waals surface area contributed by atoms with Gasteiger partial charge >= 0.3 is 0 Å². The van der Waals surface area contributed by atoms with Gasteiger partial charge in [0.2, 0.25) is 0 Å². The highest BCUT2D eigenvalue weighted by atomic mass is 35.5. The lowest BCUT2D eigenvalue weighted by molar-refractivity contribution is 0.266. The van der Waals surface area contributed by atoms with Gasteiger partial charge in [0.1, 0.15) is 5.82 Å². The third kappa shape index (κ3) is 3.45. The highest BCUT2D eigenvalue weighted by Crippen LogP contribution is 2.22. The molecule has 4 heteroatoms. The summed E-state index contributed by atoms with van der Waals surface area (Å²) in [6.45, 7) is 2.86. The molecule has 84 valence electrons. The number of aliphatic hydroxyl groups is 1. The summed E-state index contributed by atoms with van der Waals surface area (Å²) in [5.41, 5.74) is 0.900. The molecule has 0 saturated carbocycles. The van der Waals surface area contributed by atoms with Crippen molar-refractivity contribution in [2.45, 2.75) is 19.4 Å². The van der Waals surface area contributed by atoms with E-state index in [1.165, 1.54) is 6.07 Å². The predicted octanol–water partition coefficient (Wildman–Crippen LogP) is 2.51. The smallest absolute Gasteiger partial charge is 0.141 e. The first-order valence-electron chi connectivity index (χ1n) is 4.98. The van der Waals surface area contributed by atoms with Gasteiger partial charge in [0, 0.05) is 12.6 Å². The average Bonchev–Trinajstić information content (AvgIpc) is 2.22. The van der Waals surface area contributed by atoms with Crippen molar-refractivity contribution in [1.29, 1.82) is 0 Å². The first kappa shape index (κ1) is 12.4. The maximum atomic E-state index is 12.9. The van der Waals surface area contributed by atoms with Crippen LogP contribution in [-0.4, -0.2) is 18.3 Å². The molecule has 1 aromatic rings. The second-order valence-corrected chi connectivity index (χ2v) is 3.70. The maximum Gasteiger partial charge on any atom is 0.141 e. The molecule has 1 atom stereocenters. The molecule has 1 rings (SSSR count). The summed E-state index contributed by atoms with van der Waals surface area (Å²) >= 11 is 5.69. The quantitative estimate of drug-likeness (QED) is 0.816. The second kappa shape index (κ2) is 6.05. The average molecular weight is 232 g/mol. The van der Waals surface area contributed by atoms with E-state index >= 15 is 0 Å². The summed E-state index contributed by atoms with van der Waals surface area (Å²) in [5.74, 6) is -0.417. The molecule has 0 aliphatic carbocycles. The molecule has 0 radical (unpaired) electrons. The lowest BCUT2D eigenvalue weighted by Gasteiger charge is -2.17. The number of rotatable bonds is 5. The summed E-state index contributed by atoms with van der Waals surface area (Å²) < 4.78 is 12.9. The monoisotopic (exact) mass is 231 g/mol. The van der Waals surface area contributed by atoms with Crippen molar-refractivity contribution in [3.05, 3.63) is 34.6 Å². The first-order valence-corrected chi connectivity index (χ1v) is 5.36. The first-order chi connectivity index (χ1) is 7.19. The van der Waals surface area contributed by atoms with Crippen LogP contribution in [0.4, 0.5) is 4.39 Å². The molecular formula is C11H15ClFNO. The van der Waals surface area contributed by atoms with E-state index in [1.54, 1.807) is 12.1 Å². The molecule has 0 saturated heterocycles. The third-order valence-corrected chi connectivity index (χ3v) is 2.50. The van der Waals surface area contributed by atoms with Gasteiger partial charge in [0.15, 0.2) is 0 Å². The number of hydrogen-bond acceptors (Lipinski definition) is 2. The van der Waals surface area contributed by atoms with Crippen LogP contribution in [0.1, 0.15) is 24.9 Å². The summed E-state index contributed by atoms with van der Waals surface area (Å²) in [7, 11) is 0. The Balaban J connectivity index is 2.85. The normalized spacial score (nSPS) is 12.8. The minimum atomic E-state index is -0.417. The van der Waals surface area contributed by atoms with Crippen LogP contribution in [0.25, 0.3) is 0 Å². The van der Waals surface area contributed by atoms with Crippen molar-refractivity contribution in [2.24, 2.45) is 0 Å². The van der Waals surface area contributed by atoms with Crippen molar-refractivity contribution in [3.63, 3.8) is 0 Å². The van der Waals surface area contributed by atoms with Crippen molar-refractivity contribution in [3.8, 4) is 0 Å². The lowest BCUT2D eigenvalue weighted by Crippen LogP contribution is -2.21. The van der Waals surface area contributed by atoms with Gasteiger partial charge in [-0.3, -0.25) is 0 Å². The van der Waals surface area contributed by atoms with E-state index in [2.05, 4.69) is 5.32 Å². The highest BCUT2D eigenvalue weighted by molar-refractivity contribution is 6.30. The van der Waals surface area contributed by atoms with Crippen LogP contribution in [0.3, 0.4) is 0 Å². The Hall–Kier alpha value is -0.640. The van der Waals surface area contributed by atoms with E-state index in [1.807, 2.05) is 6.92 Å². The Morgan fingerprint density at radius 2 is 2.27 bits per heavy atom. The van der Waals surface area contributed by atoms with Gasteiger partial charge in [-0.1, -0.05) is 24.6 Å². The lowest BCUT2D eigenvalue weighted by atomic mass is 10.0. The Morgan fingerprint density at radius 3 is 2.80 bits per heavy atom. The number of halogens is 2. The molecule has 0 aliphatic rings. The van der Waals surface area contributed by atoms with Crippen LogP contribution >= 0.6 is 11.6 Å². The summed E-state index contributed by atoms with van der Waals surface area (Å²) in [4.78, 5) is 0. The maximum absolute atomic E-state index is 12.9. The van der Waals surface area contributed by atoms with Crippen molar-refractivity contribution in [1.82, 2.24) is 5.32 Å². The van der Waals surface area contributed by atoms with Gasteiger partial charge < -0.3 is 10.4 Å². The van der Waals surface area contributed by atoms with Crippen LogP contribution in [0.5, 0.6) is 0 Å². The van der Waals surface area contributed by atoms with Gasteiger partial charge in [-0.15, -0.1) is 0 Å². The van der Waals surface area contributed by atoms with Crippen molar-refractivity contribution >= 4 is 11.6 Å². The molecule has 2 N–H and O–H groups in total. The molecule has 2 nitrogen and oxygen atoms in total. The molecule has 0 aliphatic heterocycles. The molecule has 15 heavy (non-hydrogen) atoms. The standard InChI is InChI=1S/C11H15ClFNO/c1-2-14-11(5-6-15)8-3-4-10(13)9(12)7-8/h3-4,7,11,14-15H,2,5-6H2,1H3. The Kier molecular flexibility index (Phi) is 5.02. The largest absolute Gasteiger partial charge is 0.396 e. The van der Waals surface area contributed by atoms with Crippen LogP contribution in [-0.2, 0) is 0 Å². The van der Waals surface area contributed by atoms with E-state index in [4.69, 9.17) is 16.7 Å². The fourth-order valence-corrected chi connectivity index (χ4v) is 1.68. The fourth-order valence-electron chi connectivity index (χ4n) is 1.49. The molecule has 1 aromatic carbocycles. The molecular weight excluding hydrogens is 217 g/mol. The van der Waals surface area contributed by atoms with Crippen molar-refractivity contribution in [2.75, 3.05) is 13.2 Å². The van der Waals surface area contributed by atoms with Crippen LogP contribution in [0, 0.1) is 5.82 Å². The van der Waals surface area contributed by atoms with Gasteiger partial charge in [-0.25, -0.2) is 4.39 Å². The van der Waals surface area contributed by atoms with Gasteiger partial charge in [0.25, 0.3) is 0 Å². The number of aliphatic hydroxyl groups excluding tert-OH is 1. The fraction of sp³-hybridized carbons (Fsp3) is 0.455. The zero-order valence-corrected chi connectivity index (χ0v) is 9.39. The number of benzene rings is 1. The molecule has 0 spiro atoms. The number of hydrogen-bond donors (Lipinski definition) is 2. The van der Waals surface area contributed by atoms with E-state index in [0.717, 1.165) is 12.1 Å². The van der Waals surface area contributed by atoms with Gasteiger partial charge in [-0.05, 0) is 30.7 Å². The molecule has 0 aromatic heterocycles. The Morgan fingerprint density at radius 1 is 1.53 bits per heavy atom. The summed E-state index contributed by atoms with van der Waals surface area (Å²) in [6.07, 6.45) is 0.593. The zero-order chi connectivity index (χ0) is 11.3. The minimum Gasteiger partial charge on any atom is -0.396 e. The van der Waals surface area contributed by atoms with E-state index in [9.17, 15) is 4.39 Å². The predicted molar refractivity (Wildman–Crippen MR) is 59.5 cm³/mol. The zero-order valence-electron chi connectivity index (χ0n) is 8.63. The van der Waals surface area contributed by atoms with E-state index in [0.29, 0.717) is 6.42 Å². The second-order valence-electron chi connectivity index (χ2n) is 3.30. The van der Waals surface area contributed by atoms with Crippen molar-refractivity contribution < 1.29 is 9.50 Å². The molecule has 1 unspecified atom stereocenters. The topological polar surface area (TPSA) is 32.3 Å². The third-order valence-electron chi connectivity index (χ3n) is 2.21.